The maximum absolute atomic E-state index is 12.3. The molecule has 0 aliphatic heterocycles. The van der Waals surface area contributed by atoms with Gasteiger partial charge in [-0.25, -0.2) is 5.48 Å². The first-order chi connectivity index (χ1) is 19.2. The van der Waals surface area contributed by atoms with Crippen LogP contribution in [0.3, 0.4) is 0 Å². The highest BCUT2D eigenvalue weighted by Crippen LogP contribution is 2.09. The van der Waals surface area contributed by atoms with Crippen molar-refractivity contribution in [1.82, 2.24) is 16.1 Å². The number of carbonyl (C=O) groups excluding carboxylic acids is 3. The minimum Gasteiger partial charge on any atom is -0.391 e. The second-order valence-electron chi connectivity index (χ2n) is 8.96. The molecule has 3 amide bonds. The van der Waals surface area contributed by atoms with Crippen LogP contribution in [-0.2, 0) is 16.1 Å². The highest BCUT2D eigenvalue weighted by molar-refractivity contribution is 5.97. The Morgan fingerprint density at radius 1 is 0.854 bits per heavy atom. The molecule has 0 saturated heterocycles. The smallest absolute Gasteiger partial charge is 0.268 e. The van der Waals surface area contributed by atoms with E-state index in [0.717, 1.165) is 11.1 Å². The highest BCUT2D eigenvalue weighted by atomic mass is 16.5. The molecule has 0 aromatic heterocycles. The van der Waals surface area contributed by atoms with Gasteiger partial charge in [0, 0.05) is 28.9 Å². The zero-order valence-electron chi connectivity index (χ0n) is 22.1. The van der Waals surface area contributed by atoms with Gasteiger partial charge in [0.05, 0.1) is 12.6 Å². The first kappa shape index (κ1) is 32.3. The minimum absolute atomic E-state index is 0. The lowest BCUT2D eigenvalue weighted by Gasteiger charge is -2.19. The zero-order valence-corrected chi connectivity index (χ0v) is 22.1. The van der Waals surface area contributed by atoms with Crippen molar-refractivity contribution >= 4 is 23.4 Å². The molecule has 41 heavy (non-hydrogen) atoms. The maximum atomic E-state index is 12.3. The topological polar surface area (TPSA) is 140 Å². The summed E-state index contributed by atoms with van der Waals surface area (Å²) in [4.78, 5) is 36.1. The van der Waals surface area contributed by atoms with Gasteiger partial charge in [-0.15, -0.1) is 0 Å². The van der Waals surface area contributed by atoms with Crippen LogP contribution in [-0.4, -0.2) is 46.7 Å². The second-order valence-corrected chi connectivity index (χ2v) is 8.96. The molecule has 0 saturated carbocycles. The van der Waals surface area contributed by atoms with Crippen molar-refractivity contribution in [2.45, 2.75) is 40.0 Å². The quantitative estimate of drug-likeness (QED) is 0.137. The van der Waals surface area contributed by atoms with Crippen LogP contribution in [0.5, 0.6) is 0 Å². The van der Waals surface area contributed by atoms with E-state index < -0.39 is 24.0 Å². The van der Waals surface area contributed by atoms with E-state index in [0.29, 0.717) is 17.8 Å². The molecule has 0 spiro atoms. The number of amides is 3. The number of anilines is 1. The van der Waals surface area contributed by atoms with E-state index in [1.54, 1.807) is 36.4 Å². The third kappa shape index (κ3) is 10.6. The molecular weight excluding hydrogens is 520 g/mol. The van der Waals surface area contributed by atoms with Crippen LogP contribution in [0.15, 0.2) is 72.8 Å². The lowest BCUT2D eigenvalue weighted by Crippen LogP contribution is -2.51. The zero-order chi connectivity index (χ0) is 28.9. The molecule has 3 rings (SSSR count). The van der Waals surface area contributed by atoms with Gasteiger partial charge in [0.15, 0.2) is 0 Å². The number of benzene rings is 3. The molecule has 0 unspecified atom stereocenters. The summed E-state index contributed by atoms with van der Waals surface area (Å²) < 4.78 is 0. The number of carbonyl (C=O) groups is 3. The predicted octanol–water partition coefficient (Wildman–Crippen LogP) is 2.75. The van der Waals surface area contributed by atoms with Crippen LogP contribution in [0.1, 0.15) is 47.0 Å². The second kappa shape index (κ2) is 16.2. The summed E-state index contributed by atoms with van der Waals surface area (Å²) in [6.45, 7) is 4.15. The van der Waals surface area contributed by atoms with Crippen molar-refractivity contribution in [2.75, 3.05) is 11.9 Å². The van der Waals surface area contributed by atoms with Gasteiger partial charge in [0.25, 0.3) is 11.8 Å². The monoisotopic (exact) mass is 554 g/mol. The molecule has 3 aromatic rings. The van der Waals surface area contributed by atoms with E-state index in [9.17, 15) is 19.5 Å². The van der Waals surface area contributed by atoms with Gasteiger partial charge in [-0.05, 0) is 79.8 Å². The van der Waals surface area contributed by atoms with Crippen molar-refractivity contribution in [3.63, 3.8) is 0 Å². The van der Waals surface area contributed by atoms with Crippen molar-refractivity contribution in [2.24, 2.45) is 0 Å². The Bertz CT molecular complexity index is 1440. The summed E-state index contributed by atoms with van der Waals surface area (Å²) in [6.07, 6.45) is -1.20. The third-order valence-electron chi connectivity index (χ3n) is 5.69. The van der Waals surface area contributed by atoms with Crippen molar-refractivity contribution in [1.29, 1.82) is 0 Å². The molecule has 212 valence electrons. The number of aryl methyl sites for hydroxylation is 1. The Hall–Kier alpha value is -4.93. The first-order valence-electron chi connectivity index (χ1n) is 12.5. The average Bonchev–Trinajstić information content (AvgIpc) is 2.95. The number of aliphatic hydroxyl groups excluding tert-OH is 1. The number of hydrogen-bond acceptors (Lipinski definition) is 6. The van der Waals surface area contributed by atoms with E-state index in [1.165, 1.54) is 30.1 Å². The number of hydrogen-bond donors (Lipinski definition) is 6. The molecule has 0 radical (unpaired) electrons. The van der Waals surface area contributed by atoms with Gasteiger partial charge >= 0.3 is 0 Å². The summed E-state index contributed by atoms with van der Waals surface area (Å²) in [5, 5.41) is 26.7. The Morgan fingerprint density at radius 2 is 1.41 bits per heavy atom. The van der Waals surface area contributed by atoms with Gasteiger partial charge in [0.1, 0.15) is 6.04 Å². The van der Waals surface area contributed by atoms with E-state index in [1.807, 2.05) is 31.2 Å². The average molecular weight is 555 g/mol. The van der Waals surface area contributed by atoms with E-state index in [2.05, 4.69) is 39.6 Å². The Kier molecular flexibility index (Phi) is 12.8. The Morgan fingerprint density at radius 3 is 1.95 bits per heavy atom. The van der Waals surface area contributed by atoms with Gasteiger partial charge in [-0.2, -0.15) is 0 Å². The summed E-state index contributed by atoms with van der Waals surface area (Å²) in [5.41, 5.74) is 5.99. The molecule has 2 atom stereocenters. The molecule has 0 heterocycles. The molecular formula is C32H34N4O5. The Balaban J connectivity index is 0.00000588. The molecule has 6 N–H and O–H groups in total. The largest absolute Gasteiger partial charge is 0.391 e. The van der Waals surface area contributed by atoms with Crippen LogP contribution in [0.2, 0.25) is 0 Å². The van der Waals surface area contributed by atoms with Gasteiger partial charge in [0.2, 0.25) is 5.91 Å². The highest BCUT2D eigenvalue weighted by Gasteiger charge is 2.25. The van der Waals surface area contributed by atoms with Gasteiger partial charge < -0.3 is 21.1 Å². The predicted molar refractivity (Wildman–Crippen MR) is 158 cm³/mol. The van der Waals surface area contributed by atoms with E-state index in [-0.39, 0.29) is 25.4 Å². The first-order valence-corrected chi connectivity index (χ1v) is 12.5. The van der Waals surface area contributed by atoms with E-state index >= 15 is 0 Å². The summed E-state index contributed by atoms with van der Waals surface area (Å²) in [6, 6.07) is 20.2. The summed E-state index contributed by atoms with van der Waals surface area (Å²) in [5.74, 6) is 9.68. The summed E-state index contributed by atoms with van der Waals surface area (Å²) in [7, 11) is 0. The third-order valence-corrected chi connectivity index (χ3v) is 5.69. The SMILES string of the molecule is C.Cc1ccc(CNCC(=O)Nc2ccc(C#CC#Cc3ccc(C(=O)N[C@H](C(=O)NO)[C@@H](C)O)cc3)cc2)cc1. The van der Waals surface area contributed by atoms with Crippen LogP contribution in [0, 0.1) is 30.6 Å². The standard InChI is InChI=1S/C31H30N4O5.CH4/c1-21-7-9-25(10-8-21)19-32-20-28(37)33-27-17-13-24(14-18-27)6-4-3-5-23-11-15-26(16-12-23)30(38)34-29(22(2)36)31(39)35-40;/h7-18,22,29,32,36,40H,19-20H2,1-2H3,(H,33,37)(H,34,38)(H,35,39);1H4/t22-,29+;/m1./s1. The van der Waals surface area contributed by atoms with Crippen LogP contribution in [0.4, 0.5) is 5.69 Å². The van der Waals surface area contributed by atoms with Crippen molar-refractivity contribution < 1.29 is 24.7 Å². The lowest BCUT2D eigenvalue weighted by molar-refractivity contribution is -0.133. The molecule has 0 bridgehead atoms. The molecule has 0 fully saturated rings. The fourth-order valence-electron chi connectivity index (χ4n) is 3.48. The van der Waals surface area contributed by atoms with Crippen LogP contribution < -0.4 is 21.4 Å². The van der Waals surface area contributed by atoms with Gasteiger partial charge in [-0.1, -0.05) is 49.1 Å². The fourth-order valence-corrected chi connectivity index (χ4v) is 3.48. The maximum Gasteiger partial charge on any atom is 0.268 e. The van der Waals surface area contributed by atoms with Gasteiger partial charge in [-0.3, -0.25) is 19.6 Å². The molecule has 0 aliphatic carbocycles. The Labute approximate surface area is 240 Å². The molecule has 9 heteroatoms. The summed E-state index contributed by atoms with van der Waals surface area (Å²) >= 11 is 0. The number of rotatable bonds is 9. The minimum atomic E-state index is -1.30. The van der Waals surface area contributed by atoms with Crippen LogP contribution in [0.25, 0.3) is 0 Å². The van der Waals surface area contributed by atoms with E-state index in [4.69, 9.17) is 5.21 Å². The number of aliphatic hydroxyl groups is 1. The van der Waals surface area contributed by atoms with Crippen molar-refractivity contribution in [3.8, 4) is 23.7 Å². The normalized spacial score (nSPS) is 11.2. The number of hydroxylamine groups is 1. The molecule has 0 aliphatic rings. The molecule has 3 aromatic carbocycles. The fraction of sp³-hybridized carbons (Fsp3) is 0.219. The van der Waals surface area contributed by atoms with Crippen LogP contribution >= 0.6 is 0 Å². The lowest BCUT2D eigenvalue weighted by atomic mass is 10.1. The molecule has 9 nitrogen and oxygen atoms in total. The number of nitrogens with one attached hydrogen (secondary N) is 4. The van der Waals surface area contributed by atoms with Crippen molar-refractivity contribution in [3.05, 3.63) is 101 Å².